The minimum atomic E-state index is -0.947. The molecule has 2 nitrogen and oxygen atoms in total. The van der Waals surface area contributed by atoms with Crippen LogP contribution in [0, 0.1) is 0 Å². The molecule has 0 amide bonds. The molecule has 0 radical (unpaired) electrons. The van der Waals surface area contributed by atoms with Gasteiger partial charge in [-0.15, -0.1) is 0 Å². The Labute approximate surface area is 147 Å². The number of aliphatic carboxylic acids is 1. The second-order valence-corrected chi connectivity index (χ2v) is 6.45. The summed E-state index contributed by atoms with van der Waals surface area (Å²) in [5.74, 6) is -0.947. The molecule has 4 rings (SSSR count). The Hall–Kier alpha value is -3.13. The third-order valence-corrected chi connectivity index (χ3v) is 5.11. The molecule has 1 aliphatic rings. The molecule has 3 aromatic carbocycles. The highest BCUT2D eigenvalue weighted by molar-refractivity contribution is 5.89. The van der Waals surface area contributed by atoms with Crippen LogP contribution in [0.5, 0.6) is 0 Å². The largest absolute Gasteiger partial charge is 0.478 e. The van der Waals surface area contributed by atoms with Crippen LogP contribution in [0.1, 0.15) is 23.1 Å². The molecule has 25 heavy (non-hydrogen) atoms. The third kappa shape index (κ3) is 2.22. The van der Waals surface area contributed by atoms with Crippen LogP contribution in [0.25, 0.3) is 11.1 Å². The highest BCUT2D eigenvalue weighted by Crippen LogP contribution is 2.55. The van der Waals surface area contributed by atoms with E-state index < -0.39 is 11.4 Å². The first-order valence-corrected chi connectivity index (χ1v) is 8.30. The second kappa shape index (κ2) is 5.75. The van der Waals surface area contributed by atoms with Gasteiger partial charge in [0, 0.05) is 5.57 Å². The van der Waals surface area contributed by atoms with E-state index in [0.29, 0.717) is 6.42 Å². The molecule has 3 aromatic rings. The Kier molecular flexibility index (Phi) is 3.54. The third-order valence-electron chi connectivity index (χ3n) is 5.11. The number of benzene rings is 3. The molecule has 0 aliphatic heterocycles. The maximum absolute atomic E-state index is 11.6. The average Bonchev–Trinajstić information content (AvgIpc) is 2.94. The molecule has 1 N–H and O–H groups in total. The standard InChI is InChI=1S/C23H18O2/c1-16(22(24)25)15-23(17-9-3-2-4-10-17)20-13-7-5-11-18(20)19-12-6-8-14-21(19)23/h2-14H,1,15H2,(H,24,25). The van der Waals surface area contributed by atoms with Crippen LogP contribution in [-0.4, -0.2) is 11.1 Å². The maximum atomic E-state index is 11.6. The van der Waals surface area contributed by atoms with Crippen molar-refractivity contribution in [3.63, 3.8) is 0 Å². The molecule has 122 valence electrons. The van der Waals surface area contributed by atoms with E-state index >= 15 is 0 Å². The summed E-state index contributed by atoms with van der Waals surface area (Å²) in [6.45, 7) is 3.83. The lowest BCUT2D eigenvalue weighted by molar-refractivity contribution is -0.132. The number of hydrogen-bond donors (Lipinski definition) is 1. The molecule has 0 saturated heterocycles. The van der Waals surface area contributed by atoms with Gasteiger partial charge in [-0.25, -0.2) is 4.79 Å². The molecule has 2 heteroatoms. The van der Waals surface area contributed by atoms with Crippen LogP contribution < -0.4 is 0 Å². The van der Waals surface area contributed by atoms with Crippen molar-refractivity contribution in [1.82, 2.24) is 0 Å². The fourth-order valence-electron chi connectivity index (χ4n) is 4.05. The minimum absolute atomic E-state index is 0.218. The molecule has 1 aliphatic carbocycles. The zero-order chi connectivity index (χ0) is 17.4. The zero-order valence-electron chi connectivity index (χ0n) is 13.8. The predicted molar refractivity (Wildman–Crippen MR) is 99.6 cm³/mol. The minimum Gasteiger partial charge on any atom is -0.478 e. The fraction of sp³-hybridized carbons (Fsp3) is 0.0870. The number of hydrogen-bond acceptors (Lipinski definition) is 1. The normalized spacial score (nSPS) is 13.8. The molecule has 0 unspecified atom stereocenters. The van der Waals surface area contributed by atoms with Gasteiger partial charge in [-0.3, -0.25) is 0 Å². The fourth-order valence-corrected chi connectivity index (χ4v) is 4.05. The molecule has 0 heterocycles. The topological polar surface area (TPSA) is 37.3 Å². The SMILES string of the molecule is C=C(CC1(c2ccccc2)c2ccccc2-c2ccccc21)C(=O)O. The van der Waals surface area contributed by atoms with Crippen molar-refractivity contribution in [2.24, 2.45) is 0 Å². The van der Waals surface area contributed by atoms with Gasteiger partial charge in [0.2, 0.25) is 0 Å². The van der Waals surface area contributed by atoms with Gasteiger partial charge < -0.3 is 5.11 Å². The van der Waals surface area contributed by atoms with Gasteiger partial charge in [0.25, 0.3) is 0 Å². The maximum Gasteiger partial charge on any atom is 0.331 e. The van der Waals surface area contributed by atoms with E-state index in [9.17, 15) is 9.90 Å². The van der Waals surface area contributed by atoms with Crippen molar-refractivity contribution in [1.29, 1.82) is 0 Å². The van der Waals surface area contributed by atoms with Crippen molar-refractivity contribution in [2.45, 2.75) is 11.8 Å². The lowest BCUT2D eigenvalue weighted by Gasteiger charge is -2.33. The van der Waals surface area contributed by atoms with E-state index in [4.69, 9.17) is 0 Å². The Morgan fingerprint density at radius 1 is 0.800 bits per heavy atom. The molecule has 0 spiro atoms. The van der Waals surface area contributed by atoms with Crippen molar-refractivity contribution in [3.8, 4) is 11.1 Å². The summed E-state index contributed by atoms with van der Waals surface area (Å²) in [6.07, 6.45) is 0.348. The Morgan fingerprint density at radius 3 is 1.80 bits per heavy atom. The van der Waals surface area contributed by atoms with Crippen LogP contribution in [0.3, 0.4) is 0 Å². The van der Waals surface area contributed by atoms with E-state index in [1.165, 1.54) is 11.1 Å². The quantitative estimate of drug-likeness (QED) is 0.683. The van der Waals surface area contributed by atoms with Crippen molar-refractivity contribution in [2.75, 3.05) is 0 Å². The van der Waals surface area contributed by atoms with Crippen LogP contribution in [0.4, 0.5) is 0 Å². The summed E-state index contributed by atoms with van der Waals surface area (Å²) in [5.41, 5.74) is 5.41. The zero-order valence-corrected chi connectivity index (χ0v) is 13.8. The van der Waals surface area contributed by atoms with Gasteiger partial charge >= 0.3 is 5.97 Å². The number of carbonyl (C=O) groups is 1. The lowest BCUT2D eigenvalue weighted by atomic mass is 9.68. The molecular weight excluding hydrogens is 308 g/mol. The number of rotatable bonds is 4. The monoisotopic (exact) mass is 326 g/mol. The summed E-state index contributed by atoms with van der Waals surface area (Å²) in [6, 6.07) is 26.7. The van der Waals surface area contributed by atoms with E-state index in [-0.39, 0.29) is 5.57 Å². The van der Waals surface area contributed by atoms with Crippen molar-refractivity contribution in [3.05, 3.63) is 108 Å². The Bertz CT molecular complexity index is 925. The highest BCUT2D eigenvalue weighted by atomic mass is 16.4. The molecule has 0 bridgehead atoms. The van der Waals surface area contributed by atoms with Gasteiger partial charge in [-0.05, 0) is 34.2 Å². The molecule has 0 atom stereocenters. The highest BCUT2D eigenvalue weighted by Gasteiger charge is 2.45. The van der Waals surface area contributed by atoms with Gasteiger partial charge in [-0.1, -0.05) is 85.4 Å². The van der Waals surface area contributed by atoms with Crippen LogP contribution >= 0.6 is 0 Å². The van der Waals surface area contributed by atoms with Crippen molar-refractivity contribution >= 4 is 5.97 Å². The first-order chi connectivity index (χ1) is 12.1. The van der Waals surface area contributed by atoms with Crippen molar-refractivity contribution < 1.29 is 9.90 Å². The summed E-state index contributed by atoms with van der Waals surface area (Å²) < 4.78 is 0. The van der Waals surface area contributed by atoms with Crippen LogP contribution in [0.2, 0.25) is 0 Å². The van der Waals surface area contributed by atoms with E-state index in [0.717, 1.165) is 16.7 Å². The molecule has 0 aromatic heterocycles. The molecule has 0 saturated carbocycles. The molecular formula is C23H18O2. The van der Waals surface area contributed by atoms with E-state index in [1.54, 1.807) is 0 Å². The first kappa shape index (κ1) is 15.4. The average molecular weight is 326 g/mol. The summed E-state index contributed by atoms with van der Waals surface area (Å²) in [4.78, 5) is 11.6. The first-order valence-electron chi connectivity index (χ1n) is 8.30. The van der Waals surface area contributed by atoms with Gasteiger partial charge in [0.05, 0.1) is 5.41 Å². The van der Waals surface area contributed by atoms with E-state index in [1.807, 2.05) is 42.5 Å². The summed E-state index contributed by atoms with van der Waals surface area (Å²) in [7, 11) is 0. The number of fused-ring (bicyclic) bond motifs is 3. The van der Waals surface area contributed by atoms with Crippen LogP contribution in [0.15, 0.2) is 91.0 Å². The second-order valence-electron chi connectivity index (χ2n) is 6.45. The number of carboxylic acids is 1. The Balaban J connectivity index is 2.07. The van der Waals surface area contributed by atoms with Gasteiger partial charge in [0.1, 0.15) is 0 Å². The summed E-state index contributed by atoms with van der Waals surface area (Å²) >= 11 is 0. The number of carboxylic acid groups (broad SMARTS) is 1. The van der Waals surface area contributed by atoms with Gasteiger partial charge in [-0.2, -0.15) is 0 Å². The molecule has 0 fully saturated rings. The van der Waals surface area contributed by atoms with Gasteiger partial charge in [0.15, 0.2) is 0 Å². The Morgan fingerprint density at radius 2 is 1.28 bits per heavy atom. The lowest BCUT2D eigenvalue weighted by Crippen LogP contribution is -2.28. The summed E-state index contributed by atoms with van der Waals surface area (Å²) in [5, 5.41) is 9.50. The smallest absolute Gasteiger partial charge is 0.331 e. The van der Waals surface area contributed by atoms with E-state index in [2.05, 4.69) is 43.0 Å². The predicted octanol–water partition coefficient (Wildman–Crippen LogP) is 5.03. The van der Waals surface area contributed by atoms with Crippen LogP contribution in [-0.2, 0) is 10.2 Å².